The quantitative estimate of drug-likeness (QED) is 0.563. The first-order valence-electron chi connectivity index (χ1n) is 7.39. The summed E-state index contributed by atoms with van der Waals surface area (Å²) in [6, 6.07) is 12.7. The van der Waals surface area contributed by atoms with E-state index in [-0.39, 0.29) is 23.8 Å². The molecule has 0 amide bonds. The maximum atomic E-state index is 13.0. The second-order valence-electron chi connectivity index (χ2n) is 5.21. The summed E-state index contributed by atoms with van der Waals surface area (Å²) in [6.07, 6.45) is 0. The molecule has 0 atom stereocenters. The highest BCUT2D eigenvalue weighted by Gasteiger charge is 2.12. The Morgan fingerprint density at radius 3 is 2.72 bits per heavy atom. The molecule has 3 heterocycles. The number of halogens is 1. The Kier molecular flexibility index (Phi) is 3.95. The third-order valence-electron chi connectivity index (χ3n) is 3.50. The minimum absolute atomic E-state index is 0.0617. The minimum atomic E-state index is -0.330. The molecule has 3 aromatic heterocycles. The predicted octanol–water partition coefficient (Wildman–Crippen LogP) is 3.21. The van der Waals surface area contributed by atoms with Crippen molar-refractivity contribution in [2.75, 3.05) is 0 Å². The Labute approximate surface area is 145 Å². The minimum Gasteiger partial charge on any atom is -0.337 e. The van der Waals surface area contributed by atoms with Gasteiger partial charge < -0.3 is 4.52 Å². The first-order chi connectivity index (χ1) is 12.2. The molecule has 0 saturated carbocycles. The normalized spacial score (nSPS) is 10.9. The van der Waals surface area contributed by atoms with Gasteiger partial charge in [-0.2, -0.15) is 10.1 Å². The van der Waals surface area contributed by atoms with Crippen LogP contribution in [0.4, 0.5) is 4.39 Å². The molecular weight excluding hydrogens is 343 g/mol. The van der Waals surface area contributed by atoms with Crippen molar-refractivity contribution in [2.45, 2.75) is 6.54 Å². The Morgan fingerprint density at radius 1 is 1.12 bits per heavy atom. The van der Waals surface area contributed by atoms with Gasteiger partial charge in [0, 0.05) is 11.6 Å². The molecule has 0 aliphatic heterocycles. The molecule has 4 rings (SSSR count). The van der Waals surface area contributed by atoms with Crippen LogP contribution >= 0.6 is 11.3 Å². The van der Waals surface area contributed by atoms with E-state index in [4.69, 9.17) is 4.52 Å². The largest absolute Gasteiger partial charge is 0.337 e. The van der Waals surface area contributed by atoms with Crippen molar-refractivity contribution in [3.8, 4) is 22.0 Å². The lowest BCUT2D eigenvalue weighted by Crippen LogP contribution is -2.23. The molecule has 0 spiro atoms. The van der Waals surface area contributed by atoms with E-state index in [1.54, 1.807) is 18.2 Å². The molecule has 4 aromatic rings. The van der Waals surface area contributed by atoms with Crippen LogP contribution in [0.15, 0.2) is 63.2 Å². The van der Waals surface area contributed by atoms with Crippen LogP contribution < -0.4 is 5.56 Å². The van der Waals surface area contributed by atoms with Crippen molar-refractivity contribution in [3.05, 3.63) is 76.0 Å². The average Bonchev–Trinajstić information content (AvgIpc) is 3.29. The molecule has 25 heavy (non-hydrogen) atoms. The van der Waals surface area contributed by atoms with E-state index in [0.29, 0.717) is 17.1 Å². The Balaban J connectivity index is 1.63. The number of aromatic nitrogens is 4. The van der Waals surface area contributed by atoms with E-state index in [1.807, 2.05) is 17.5 Å². The second kappa shape index (κ2) is 6.40. The number of hydrogen-bond donors (Lipinski definition) is 0. The maximum absolute atomic E-state index is 13.0. The summed E-state index contributed by atoms with van der Waals surface area (Å²) in [6.45, 7) is 0.0617. The lowest BCUT2D eigenvalue weighted by molar-refractivity contribution is 0.363. The number of nitrogens with zero attached hydrogens (tertiary/aromatic N) is 4. The van der Waals surface area contributed by atoms with Crippen LogP contribution in [-0.4, -0.2) is 19.9 Å². The first kappa shape index (κ1) is 15.4. The Morgan fingerprint density at radius 2 is 1.96 bits per heavy atom. The van der Waals surface area contributed by atoms with Gasteiger partial charge in [0.1, 0.15) is 12.4 Å². The fourth-order valence-corrected chi connectivity index (χ4v) is 2.94. The van der Waals surface area contributed by atoms with Gasteiger partial charge in [0.2, 0.25) is 11.7 Å². The second-order valence-corrected chi connectivity index (χ2v) is 6.16. The number of benzene rings is 1. The van der Waals surface area contributed by atoms with E-state index in [0.717, 1.165) is 4.88 Å². The molecule has 8 heteroatoms. The van der Waals surface area contributed by atoms with Crippen molar-refractivity contribution < 1.29 is 8.91 Å². The topological polar surface area (TPSA) is 73.8 Å². The summed E-state index contributed by atoms with van der Waals surface area (Å²) in [5.74, 6) is 0.436. The summed E-state index contributed by atoms with van der Waals surface area (Å²) in [5.41, 5.74) is 0.972. The van der Waals surface area contributed by atoms with Crippen LogP contribution in [0.1, 0.15) is 5.89 Å². The number of hydrogen-bond acceptors (Lipinski definition) is 6. The molecule has 6 nitrogen and oxygen atoms in total. The van der Waals surface area contributed by atoms with Gasteiger partial charge in [0.25, 0.3) is 5.56 Å². The zero-order valence-electron chi connectivity index (χ0n) is 12.8. The molecular formula is C17H11FN4O2S. The fraction of sp³-hybridized carbons (Fsp3) is 0.0588. The number of thiophene rings is 1. The summed E-state index contributed by atoms with van der Waals surface area (Å²) < 4.78 is 19.5. The highest BCUT2D eigenvalue weighted by Crippen LogP contribution is 2.21. The van der Waals surface area contributed by atoms with E-state index < -0.39 is 0 Å². The van der Waals surface area contributed by atoms with Gasteiger partial charge in [-0.05, 0) is 41.8 Å². The lowest BCUT2D eigenvalue weighted by Gasteiger charge is -2.05. The third kappa shape index (κ3) is 3.24. The smallest absolute Gasteiger partial charge is 0.267 e. The first-order valence-corrected chi connectivity index (χ1v) is 8.27. The van der Waals surface area contributed by atoms with Crippen molar-refractivity contribution >= 4 is 11.3 Å². The third-order valence-corrected chi connectivity index (χ3v) is 4.37. The van der Waals surface area contributed by atoms with E-state index in [1.165, 1.54) is 34.2 Å². The average molecular weight is 354 g/mol. The highest BCUT2D eigenvalue weighted by atomic mass is 32.1. The van der Waals surface area contributed by atoms with Crippen LogP contribution in [-0.2, 0) is 6.54 Å². The molecule has 0 unspecified atom stereocenters. The number of rotatable bonds is 4. The van der Waals surface area contributed by atoms with Crippen molar-refractivity contribution in [3.63, 3.8) is 0 Å². The van der Waals surface area contributed by atoms with E-state index in [2.05, 4.69) is 15.2 Å². The van der Waals surface area contributed by atoms with E-state index >= 15 is 0 Å². The molecule has 0 aliphatic rings. The van der Waals surface area contributed by atoms with Gasteiger partial charge in [-0.15, -0.1) is 11.3 Å². The van der Waals surface area contributed by atoms with Gasteiger partial charge in [0.05, 0.1) is 10.6 Å². The molecule has 0 saturated heterocycles. The van der Waals surface area contributed by atoms with Crippen molar-refractivity contribution in [1.29, 1.82) is 0 Å². The summed E-state index contributed by atoms with van der Waals surface area (Å²) >= 11 is 1.50. The van der Waals surface area contributed by atoms with Crippen molar-refractivity contribution in [2.24, 2.45) is 0 Å². The monoisotopic (exact) mass is 354 g/mol. The van der Waals surface area contributed by atoms with Gasteiger partial charge in [-0.25, -0.2) is 9.07 Å². The van der Waals surface area contributed by atoms with Crippen LogP contribution in [0.5, 0.6) is 0 Å². The van der Waals surface area contributed by atoms with Gasteiger partial charge in [0.15, 0.2) is 0 Å². The maximum Gasteiger partial charge on any atom is 0.267 e. The van der Waals surface area contributed by atoms with Crippen LogP contribution in [0.2, 0.25) is 0 Å². The van der Waals surface area contributed by atoms with Crippen molar-refractivity contribution in [1.82, 2.24) is 19.9 Å². The zero-order valence-corrected chi connectivity index (χ0v) is 13.6. The molecule has 0 aliphatic carbocycles. The zero-order chi connectivity index (χ0) is 17.2. The highest BCUT2D eigenvalue weighted by molar-refractivity contribution is 7.13. The SMILES string of the molecule is O=c1ccc(-c2ccc(F)cc2)nn1Cc1nc(-c2cccs2)no1. The van der Waals surface area contributed by atoms with Crippen LogP contribution in [0, 0.1) is 5.82 Å². The molecule has 1 aromatic carbocycles. The molecule has 124 valence electrons. The molecule has 0 fully saturated rings. The summed E-state index contributed by atoms with van der Waals surface area (Å²) in [4.78, 5) is 17.2. The molecule has 0 N–H and O–H groups in total. The van der Waals surface area contributed by atoms with Gasteiger partial charge >= 0.3 is 0 Å². The van der Waals surface area contributed by atoms with Crippen LogP contribution in [0.25, 0.3) is 22.0 Å². The predicted molar refractivity (Wildman–Crippen MR) is 90.6 cm³/mol. The van der Waals surface area contributed by atoms with E-state index in [9.17, 15) is 9.18 Å². The summed E-state index contributed by atoms with van der Waals surface area (Å²) in [7, 11) is 0. The van der Waals surface area contributed by atoms with Gasteiger partial charge in [-0.1, -0.05) is 11.2 Å². The molecule has 0 bridgehead atoms. The van der Waals surface area contributed by atoms with Gasteiger partial charge in [-0.3, -0.25) is 4.79 Å². The Bertz CT molecular complexity index is 1050. The standard InChI is InChI=1S/C17H11FN4O2S/c18-12-5-3-11(4-6-12)13-7-8-16(23)22(20-13)10-15-19-17(21-24-15)14-2-1-9-25-14/h1-9H,10H2. The fourth-order valence-electron chi connectivity index (χ4n) is 2.29. The summed E-state index contributed by atoms with van der Waals surface area (Å²) in [5, 5.41) is 10.1. The molecule has 0 radical (unpaired) electrons. The van der Waals surface area contributed by atoms with Crippen LogP contribution in [0.3, 0.4) is 0 Å². The lowest BCUT2D eigenvalue weighted by atomic mass is 10.1. The Hall–Kier alpha value is -3.13.